The summed E-state index contributed by atoms with van der Waals surface area (Å²) in [5.41, 5.74) is 0. The third-order valence-corrected chi connectivity index (χ3v) is 10.4. The average molecular weight is 427 g/mol. The molecule has 0 aromatic heterocycles. The summed E-state index contributed by atoms with van der Waals surface area (Å²) in [5.74, 6) is 0.824. The Labute approximate surface area is 182 Å². The number of carbonyl (C=O) groups excluding carboxylic acids is 1. The Kier molecular flexibility index (Phi) is 12.1. The van der Waals surface area contributed by atoms with E-state index in [0.29, 0.717) is 6.42 Å². The van der Waals surface area contributed by atoms with Crippen molar-refractivity contribution >= 4 is 14.0 Å². The van der Waals surface area contributed by atoms with Crippen LogP contribution in [-0.2, 0) is 9.53 Å². The minimum atomic E-state index is -1.74. The van der Waals surface area contributed by atoms with E-state index in [1.165, 1.54) is 57.8 Å². The minimum Gasteiger partial charge on any atom is -0.461 e. The largest absolute Gasteiger partial charge is 0.461 e. The van der Waals surface area contributed by atoms with Crippen LogP contribution < -0.4 is 0 Å². The summed E-state index contributed by atoms with van der Waals surface area (Å²) in [6, 6.07) is 0. The van der Waals surface area contributed by atoms with Gasteiger partial charge in [0.2, 0.25) is 0 Å². The van der Waals surface area contributed by atoms with E-state index in [1.807, 2.05) is 0 Å². The van der Waals surface area contributed by atoms with Crippen molar-refractivity contribution in [2.24, 2.45) is 5.92 Å². The van der Waals surface area contributed by atoms with Crippen LogP contribution in [0.1, 0.15) is 111 Å². The van der Waals surface area contributed by atoms with Gasteiger partial charge in [0.15, 0.2) is 0 Å². The number of aliphatic hydroxyl groups is 1. The van der Waals surface area contributed by atoms with Crippen LogP contribution in [0.3, 0.4) is 0 Å². The van der Waals surface area contributed by atoms with Gasteiger partial charge < -0.3 is 9.84 Å². The zero-order valence-electron chi connectivity index (χ0n) is 20.4. The molecular formula is C25H50O3Si. The van der Waals surface area contributed by atoms with Crippen molar-refractivity contribution in [3.8, 4) is 0 Å². The molecule has 3 nitrogen and oxygen atoms in total. The van der Waals surface area contributed by atoms with Gasteiger partial charge >= 0.3 is 5.97 Å². The van der Waals surface area contributed by atoms with Crippen molar-refractivity contribution in [2.45, 2.75) is 148 Å². The molecule has 1 rings (SSSR count). The first-order valence-electron chi connectivity index (χ1n) is 12.5. The van der Waals surface area contributed by atoms with Crippen LogP contribution in [0.15, 0.2) is 0 Å². The molecule has 1 saturated heterocycles. The number of carbonyl (C=O) groups is 1. The Morgan fingerprint density at radius 1 is 0.931 bits per heavy atom. The van der Waals surface area contributed by atoms with E-state index in [2.05, 4.69) is 40.4 Å². The normalized spacial score (nSPS) is 23.2. The maximum atomic E-state index is 12.7. The van der Waals surface area contributed by atoms with Gasteiger partial charge in [0.05, 0.1) is 19.2 Å². The van der Waals surface area contributed by atoms with Crippen LogP contribution in [0.2, 0.25) is 24.7 Å². The number of unbranched alkanes of at least 4 members (excludes halogenated alkanes) is 8. The van der Waals surface area contributed by atoms with E-state index < -0.39 is 8.07 Å². The van der Waals surface area contributed by atoms with Crippen molar-refractivity contribution in [1.82, 2.24) is 0 Å². The molecule has 0 bridgehead atoms. The maximum absolute atomic E-state index is 12.7. The van der Waals surface area contributed by atoms with Gasteiger partial charge in [-0.15, -0.1) is 0 Å². The van der Waals surface area contributed by atoms with E-state index in [4.69, 9.17) is 4.74 Å². The molecule has 1 N–H and O–H groups in total. The summed E-state index contributed by atoms with van der Waals surface area (Å²) in [4.78, 5) is 12.7. The second kappa shape index (κ2) is 13.1. The summed E-state index contributed by atoms with van der Waals surface area (Å²) in [6.45, 7) is 13.7. The third kappa shape index (κ3) is 8.36. The highest BCUT2D eigenvalue weighted by atomic mass is 28.3. The summed E-state index contributed by atoms with van der Waals surface area (Å²) in [5, 5.41) is 10.3. The lowest BCUT2D eigenvalue weighted by Crippen LogP contribution is -2.63. The maximum Gasteiger partial charge on any atom is 0.313 e. The highest BCUT2D eigenvalue weighted by Crippen LogP contribution is 2.56. The van der Waals surface area contributed by atoms with Gasteiger partial charge in [0, 0.05) is 6.42 Å². The predicted molar refractivity (Wildman–Crippen MR) is 127 cm³/mol. The molecule has 3 atom stereocenters. The fourth-order valence-electron chi connectivity index (χ4n) is 4.92. The molecule has 0 aliphatic carbocycles. The van der Waals surface area contributed by atoms with Gasteiger partial charge in [0.1, 0.15) is 6.10 Å². The van der Waals surface area contributed by atoms with Crippen molar-refractivity contribution in [2.75, 3.05) is 0 Å². The van der Waals surface area contributed by atoms with Gasteiger partial charge in [-0.1, -0.05) is 111 Å². The van der Waals surface area contributed by atoms with E-state index in [0.717, 1.165) is 31.6 Å². The van der Waals surface area contributed by atoms with Crippen LogP contribution >= 0.6 is 0 Å². The van der Waals surface area contributed by atoms with Crippen LogP contribution in [-0.4, -0.2) is 31.4 Å². The number of cyclic esters (lactones) is 1. The molecule has 0 amide bonds. The smallest absolute Gasteiger partial charge is 0.313 e. The topological polar surface area (TPSA) is 46.5 Å². The Balaban J connectivity index is 2.48. The molecule has 1 aliphatic rings. The van der Waals surface area contributed by atoms with Crippen LogP contribution in [0.4, 0.5) is 0 Å². The Hall–Kier alpha value is -0.353. The molecule has 0 spiro atoms. The number of ether oxygens (including phenoxy) is 1. The molecular weight excluding hydrogens is 376 g/mol. The van der Waals surface area contributed by atoms with Gasteiger partial charge in [-0.25, -0.2) is 0 Å². The van der Waals surface area contributed by atoms with Crippen LogP contribution in [0, 0.1) is 5.92 Å². The summed E-state index contributed by atoms with van der Waals surface area (Å²) < 4.78 is 5.65. The first-order chi connectivity index (χ1) is 13.6. The zero-order valence-corrected chi connectivity index (χ0v) is 21.4. The quantitative estimate of drug-likeness (QED) is 0.149. The molecule has 1 fully saturated rings. The number of hydrogen-bond donors (Lipinski definition) is 1. The minimum absolute atomic E-state index is 0.0246. The zero-order chi connectivity index (χ0) is 21.9. The second-order valence-electron chi connectivity index (χ2n) is 10.9. The van der Waals surface area contributed by atoms with E-state index in [9.17, 15) is 9.90 Å². The van der Waals surface area contributed by atoms with Crippen molar-refractivity contribution in [3.05, 3.63) is 0 Å². The molecule has 1 aliphatic heterocycles. The van der Waals surface area contributed by atoms with E-state index in [-0.39, 0.29) is 23.2 Å². The monoisotopic (exact) mass is 426 g/mol. The molecule has 4 heteroatoms. The van der Waals surface area contributed by atoms with Crippen LogP contribution in [0.25, 0.3) is 0 Å². The van der Waals surface area contributed by atoms with Crippen molar-refractivity contribution in [3.63, 3.8) is 0 Å². The lowest BCUT2D eigenvalue weighted by atomic mass is 9.85. The fourth-order valence-corrected chi connectivity index (χ4v) is 7.66. The molecule has 0 radical (unpaired) electrons. The standard InChI is InChI=1S/C25H50O3Si/c1-7-8-9-11-15-18-22(26)20-23-25(24(27)28-23,29(4,5)6)19-16-13-10-12-14-17-21(2)3/h21-23,26H,7-20H2,1-6H3/t22-,23+,25-/m1/s1. The molecule has 0 aromatic rings. The van der Waals surface area contributed by atoms with Crippen LogP contribution in [0.5, 0.6) is 0 Å². The van der Waals surface area contributed by atoms with Crippen molar-refractivity contribution in [1.29, 1.82) is 0 Å². The average Bonchev–Trinajstić information content (AvgIpc) is 2.62. The van der Waals surface area contributed by atoms with Gasteiger partial charge in [-0.3, -0.25) is 4.79 Å². The summed E-state index contributed by atoms with van der Waals surface area (Å²) in [7, 11) is -1.74. The number of aliphatic hydroxyl groups excluding tert-OH is 1. The third-order valence-electron chi connectivity index (χ3n) is 6.98. The first-order valence-corrected chi connectivity index (χ1v) is 16.0. The molecule has 0 aromatic carbocycles. The second-order valence-corrected chi connectivity index (χ2v) is 16.3. The fraction of sp³-hybridized carbons (Fsp3) is 0.960. The Morgan fingerprint density at radius 2 is 1.48 bits per heavy atom. The highest BCUT2D eigenvalue weighted by molar-refractivity contribution is 6.83. The Morgan fingerprint density at radius 3 is 2.03 bits per heavy atom. The van der Waals surface area contributed by atoms with E-state index in [1.54, 1.807) is 0 Å². The van der Waals surface area contributed by atoms with E-state index >= 15 is 0 Å². The van der Waals surface area contributed by atoms with Gasteiger partial charge in [0.25, 0.3) is 0 Å². The predicted octanol–water partition coefficient (Wildman–Crippen LogP) is 7.49. The van der Waals surface area contributed by atoms with Gasteiger partial charge in [-0.05, 0) is 18.8 Å². The summed E-state index contributed by atoms with van der Waals surface area (Å²) >= 11 is 0. The summed E-state index contributed by atoms with van der Waals surface area (Å²) in [6.07, 6.45) is 15.7. The molecule has 29 heavy (non-hydrogen) atoms. The lowest BCUT2D eigenvalue weighted by molar-refractivity contribution is -0.186. The lowest BCUT2D eigenvalue weighted by Gasteiger charge is -2.54. The number of esters is 1. The molecule has 0 saturated carbocycles. The molecule has 1 heterocycles. The number of hydrogen-bond acceptors (Lipinski definition) is 3. The molecule has 172 valence electrons. The SMILES string of the molecule is CCCCCCC[C@@H](O)C[C@@H]1OC(=O)[C@]1(CCCCCCCC(C)C)[Si](C)(C)C. The van der Waals surface area contributed by atoms with Crippen molar-refractivity contribution < 1.29 is 14.6 Å². The highest BCUT2D eigenvalue weighted by Gasteiger charge is 2.64. The van der Waals surface area contributed by atoms with Gasteiger partial charge in [-0.2, -0.15) is 0 Å². The Bertz CT molecular complexity index is 457. The first kappa shape index (κ1) is 26.7. The molecule has 0 unspecified atom stereocenters. The number of rotatable bonds is 17.